The van der Waals surface area contributed by atoms with Gasteiger partial charge in [-0.25, -0.2) is 9.48 Å². The monoisotopic (exact) mass is 867 g/mol. The van der Waals surface area contributed by atoms with Gasteiger partial charge < -0.3 is 24.4 Å². The minimum Gasteiger partial charge on any atom is -0.465 e. The first-order chi connectivity index (χ1) is 29.4. The second-order valence-electron chi connectivity index (χ2n) is 16.9. The Balaban J connectivity index is 0.981. The summed E-state index contributed by atoms with van der Waals surface area (Å²) >= 11 is 1.18. The molecule has 61 heavy (non-hydrogen) atoms. The molecule has 4 aromatic rings. The number of hydrogen-bond acceptors (Lipinski definition) is 9. The number of thiophene rings is 1. The molecule has 4 aliphatic rings. The number of ether oxygens (including phenoxy) is 1. The summed E-state index contributed by atoms with van der Waals surface area (Å²) < 4.78 is 42.5. The van der Waals surface area contributed by atoms with Crippen molar-refractivity contribution >= 4 is 52.6 Å². The summed E-state index contributed by atoms with van der Waals surface area (Å²) in [6, 6.07) is 22.3. The number of alkyl halides is 1. The lowest BCUT2D eigenvalue weighted by Gasteiger charge is -2.35. The molecule has 3 saturated heterocycles. The van der Waals surface area contributed by atoms with E-state index in [-0.39, 0.29) is 47.6 Å². The molecule has 1 aromatic heterocycles. The normalized spacial score (nSPS) is 24.9. The van der Waals surface area contributed by atoms with Crippen LogP contribution in [0.15, 0.2) is 78.9 Å². The van der Waals surface area contributed by atoms with Crippen LogP contribution < -0.4 is 14.9 Å². The van der Waals surface area contributed by atoms with Crippen molar-refractivity contribution in [1.82, 2.24) is 20.2 Å². The van der Waals surface area contributed by atoms with Crippen LogP contribution in [-0.4, -0.2) is 76.3 Å². The van der Waals surface area contributed by atoms with Crippen molar-refractivity contribution in [2.75, 3.05) is 13.2 Å². The average molecular weight is 868 g/mol. The van der Waals surface area contributed by atoms with Crippen LogP contribution in [0.2, 0.25) is 0 Å². The zero-order valence-electron chi connectivity index (χ0n) is 34.6. The summed E-state index contributed by atoms with van der Waals surface area (Å²) in [5, 5.41) is 16.5. The summed E-state index contributed by atoms with van der Waals surface area (Å²) in [6.07, 6.45) is 5.17. The Morgan fingerprint density at radius 3 is 2.54 bits per heavy atom. The fraction of sp³-hybridized carbons (Fsp3) is 0.457. The maximum atomic E-state index is 16.6. The first kappa shape index (κ1) is 42.6. The topological polar surface area (TPSA) is 158 Å². The largest absolute Gasteiger partial charge is 0.465 e. The predicted molar refractivity (Wildman–Crippen MR) is 230 cm³/mol. The van der Waals surface area contributed by atoms with Crippen LogP contribution in [0, 0.1) is 24.2 Å². The molecule has 1 saturated carbocycles. The van der Waals surface area contributed by atoms with E-state index in [0.717, 1.165) is 30.4 Å². The van der Waals surface area contributed by atoms with E-state index < -0.39 is 49.0 Å². The molecular weight excluding hydrogens is 817 g/mol. The van der Waals surface area contributed by atoms with Gasteiger partial charge in [0.25, 0.3) is 5.91 Å². The van der Waals surface area contributed by atoms with E-state index in [2.05, 4.69) is 22.5 Å². The van der Waals surface area contributed by atoms with E-state index >= 15 is 4.39 Å². The highest BCUT2D eigenvalue weighted by atomic mass is 32.1. The lowest BCUT2D eigenvalue weighted by atomic mass is 9.84. The summed E-state index contributed by atoms with van der Waals surface area (Å²) in [5.74, 6) is -4.03. The highest BCUT2D eigenvalue weighted by molar-refractivity contribution is 7.57. The zero-order chi connectivity index (χ0) is 43.1. The van der Waals surface area contributed by atoms with Gasteiger partial charge in [0, 0.05) is 23.2 Å². The molecule has 8 rings (SSSR count). The Labute approximate surface area is 359 Å². The summed E-state index contributed by atoms with van der Waals surface area (Å²) in [6.45, 7) is 5.89. The third kappa shape index (κ3) is 8.32. The van der Waals surface area contributed by atoms with E-state index in [4.69, 9.17) is 9.26 Å². The van der Waals surface area contributed by atoms with Crippen LogP contribution in [0.4, 0.5) is 4.39 Å². The number of rotatable bonds is 13. The van der Waals surface area contributed by atoms with Gasteiger partial charge in [0.1, 0.15) is 23.9 Å². The zero-order valence-corrected chi connectivity index (χ0v) is 36.3. The van der Waals surface area contributed by atoms with Crippen molar-refractivity contribution in [2.45, 2.75) is 114 Å². The van der Waals surface area contributed by atoms with Crippen molar-refractivity contribution in [3.8, 4) is 11.8 Å². The second-order valence-corrected chi connectivity index (χ2v) is 20.1. The van der Waals surface area contributed by atoms with Crippen LogP contribution in [-0.2, 0) is 23.7 Å². The molecule has 1 spiro atoms. The molecule has 8 atom stereocenters. The smallest absolute Gasteiger partial charge is 0.355 e. The Bertz CT molecular complexity index is 2420. The lowest BCUT2D eigenvalue weighted by molar-refractivity contribution is -0.147. The van der Waals surface area contributed by atoms with Crippen LogP contribution in [0.1, 0.15) is 103 Å². The quantitative estimate of drug-likeness (QED) is 0.0996. The molecular formula is C46H51FN5O7PS. The summed E-state index contributed by atoms with van der Waals surface area (Å²) in [4.78, 5) is 59.4. The minimum absolute atomic E-state index is 0.0187. The number of hydrogen-bond donors (Lipinski definition) is 2. The summed E-state index contributed by atoms with van der Waals surface area (Å²) in [5.41, 5.74) is 1.65. The number of halogens is 1. The molecule has 0 radical (unpaired) electrons. The van der Waals surface area contributed by atoms with Crippen LogP contribution in [0.3, 0.4) is 0 Å². The highest BCUT2D eigenvalue weighted by Gasteiger charge is 2.64. The van der Waals surface area contributed by atoms with Gasteiger partial charge in [-0.2, -0.15) is 5.26 Å². The maximum absolute atomic E-state index is 16.6. The molecule has 4 fully saturated rings. The van der Waals surface area contributed by atoms with E-state index in [1.807, 2.05) is 36.9 Å². The number of nitrogens with one attached hydrogen (secondary N) is 2. The number of benzene rings is 3. The predicted octanol–water partition coefficient (Wildman–Crippen LogP) is 8.32. The second kappa shape index (κ2) is 17.3. The standard InChI is InChI=1S/C46H51FN5O7PS/c1-4-22-58-45(56)29(3)50-60(57,59-34-13-6-5-7-14-34)41(47)31-16-19-39-32(24-31)25-40(61-39)42(53)49-37-15-9-12-33-17-18-38(52(33)43(37)54)44(55)51-27-35(30-11-8-10-28(2)23-30)36(26-48)46(51)20-21-46/h5-8,10-11,13-14,16,19,23-25,29,33,35-38,41H,4,9,12,15,17-18,20-22,27H2,1-3H3,(H,49,53)(H,50,57)/t29-,33-,35-,36-,37-,38-,41+,60?/m0/s1. The van der Waals surface area contributed by atoms with Gasteiger partial charge in [-0.1, -0.05) is 61.0 Å². The van der Waals surface area contributed by atoms with Gasteiger partial charge in [-0.05, 0) is 112 Å². The Kier molecular flexibility index (Phi) is 12.1. The fourth-order valence-electron chi connectivity index (χ4n) is 9.54. The number of fused-ring (bicyclic) bond motifs is 2. The Hall–Kier alpha value is -5.09. The molecule has 320 valence electrons. The fourth-order valence-corrected chi connectivity index (χ4v) is 12.4. The molecule has 12 nitrogen and oxygen atoms in total. The lowest BCUT2D eigenvalue weighted by Crippen LogP contribution is -2.56. The van der Waals surface area contributed by atoms with Crippen molar-refractivity contribution < 1.29 is 37.4 Å². The number of para-hydroxylation sites is 1. The first-order valence-electron chi connectivity index (χ1n) is 21.2. The highest BCUT2D eigenvalue weighted by Crippen LogP contribution is 2.59. The number of esters is 1. The van der Waals surface area contributed by atoms with E-state index in [9.17, 15) is 29.0 Å². The van der Waals surface area contributed by atoms with Gasteiger partial charge >= 0.3 is 13.5 Å². The number of aryl methyl sites for hydroxylation is 1. The Morgan fingerprint density at radius 2 is 1.82 bits per heavy atom. The Morgan fingerprint density at radius 1 is 1.03 bits per heavy atom. The molecule has 3 amide bonds. The SMILES string of the molecule is CCCOC(=O)[C@H](C)NP(=O)(Oc1ccccc1)[C@@H](F)c1ccc2sc(C(=O)N[C@H]3CCC[C@H]4CC[C@@H](C(=O)N5C[C@@H](c6cccc(C)c6)[C@H](C#N)C56CC6)N4C3=O)cc2c1. The molecule has 3 aromatic carbocycles. The number of likely N-dealkylation sites (tertiary alicyclic amines) is 1. The van der Waals surface area contributed by atoms with Gasteiger partial charge in [-0.15, -0.1) is 11.3 Å². The molecule has 0 bridgehead atoms. The van der Waals surface area contributed by atoms with Crippen molar-refractivity contribution in [3.05, 3.63) is 100 Å². The first-order valence-corrected chi connectivity index (χ1v) is 23.7. The van der Waals surface area contributed by atoms with E-state index in [1.165, 1.54) is 30.4 Å². The average Bonchev–Trinajstić information content (AvgIpc) is 3.62. The third-order valence-corrected chi connectivity index (χ3v) is 15.9. The third-order valence-electron chi connectivity index (χ3n) is 12.7. The number of nitriles is 1. The van der Waals surface area contributed by atoms with Gasteiger partial charge in [-0.3, -0.25) is 23.7 Å². The van der Waals surface area contributed by atoms with Crippen molar-refractivity contribution in [1.29, 1.82) is 5.26 Å². The molecule has 3 aliphatic heterocycles. The number of amides is 3. The molecule has 2 N–H and O–H groups in total. The molecule has 1 unspecified atom stereocenters. The maximum Gasteiger partial charge on any atom is 0.355 e. The van der Waals surface area contributed by atoms with Crippen LogP contribution in [0.25, 0.3) is 10.1 Å². The van der Waals surface area contributed by atoms with E-state index in [1.54, 1.807) is 47.4 Å². The number of carbonyl (C=O) groups excluding carboxylic acids is 4. The molecule has 4 heterocycles. The van der Waals surface area contributed by atoms with Gasteiger partial charge in [0.15, 0.2) is 0 Å². The van der Waals surface area contributed by atoms with Crippen LogP contribution >= 0.6 is 18.9 Å². The minimum atomic E-state index is -4.46. The molecule has 1 aliphatic carbocycles. The van der Waals surface area contributed by atoms with Crippen molar-refractivity contribution in [3.63, 3.8) is 0 Å². The number of nitrogens with zero attached hydrogens (tertiary/aromatic N) is 3. The molecule has 15 heteroatoms. The number of carbonyl (C=O) groups is 4. The van der Waals surface area contributed by atoms with Gasteiger partial charge in [0.05, 0.1) is 29.0 Å². The van der Waals surface area contributed by atoms with Gasteiger partial charge in [0.2, 0.25) is 17.7 Å². The van der Waals surface area contributed by atoms with Crippen molar-refractivity contribution in [2.24, 2.45) is 5.92 Å². The van der Waals surface area contributed by atoms with E-state index in [0.29, 0.717) is 53.6 Å². The summed E-state index contributed by atoms with van der Waals surface area (Å²) in [7, 11) is -4.46. The van der Waals surface area contributed by atoms with Crippen LogP contribution in [0.5, 0.6) is 5.75 Å².